The van der Waals surface area contributed by atoms with Gasteiger partial charge in [-0.2, -0.15) is 0 Å². The summed E-state index contributed by atoms with van der Waals surface area (Å²) in [4.78, 5) is 19.7. The van der Waals surface area contributed by atoms with Crippen molar-refractivity contribution in [3.8, 4) is 0 Å². The molecule has 6 heteroatoms. The monoisotopic (exact) mass is 386 g/mol. The molecule has 1 aromatic carbocycles. The summed E-state index contributed by atoms with van der Waals surface area (Å²) in [6.07, 6.45) is 2.01. The first kappa shape index (κ1) is 18.5. The number of aromatic nitrogens is 2. The normalized spacial score (nSPS) is 24.5. The van der Waals surface area contributed by atoms with Gasteiger partial charge in [-0.05, 0) is 55.2 Å². The number of fused-ring (bicyclic) bond motifs is 1. The number of benzene rings is 1. The maximum Gasteiger partial charge on any atom is 0.258 e. The second-order valence-corrected chi connectivity index (χ2v) is 8.38. The van der Waals surface area contributed by atoms with Crippen LogP contribution in [0.2, 0.25) is 5.02 Å². The summed E-state index contributed by atoms with van der Waals surface area (Å²) in [6, 6.07) is 8.32. The molecular weight excluding hydrogens is 360 g/mol. The van der Waals surface area contributed by atoms with Crippen molar-refractivity contribution >= 4 is 17.5 Å². The molecule has 27 heavy (non-hydrogen) atoms. The average Bonchev–Trinajstić information content (AvgIpc) is 2.94. The quantitative estimate of drug-likeness (QED) is 0.858. The fourth-order valence-corrected chi connectivity index (χ4v) is 5.04. The SMILES string of the molecule is CNc1nc(C)c(CCN2CC3CC(c4cccc(Cl)c4)C3C2)c(=O)n1C. The van der Waals surface area contributed by atoms with E-state index in [0.717, 1.165) is 54.2 Å². The van der Waals surface area contributed by atoms with E-state index in [-0.39, 0.29) is 5.56 Å². The molecule has 0 spiro atoms. The van der Waals surface area contributed by atoms with E-state index in [4.69, 9.17) is 11.6 Å². The molecule has 3 unspecified atom stereocenters. The number of likely N-dealkylation sites (tertiary alicyclic amines) is 1. The highest BCUT2D eigenvalue weighted by Crippen LogP contribution is 2.51. The number of anilines is 1. The Balaban J connectivity index is 1.41. The zero-order valence-electron chi connectivity index (χ0n) is 16.2. The van der Waals surface area contributed by atoms with Crippen LogP contribution in [0, 0.1) is 18.8 Å². The molecule has 2 fully saturated rings. The Kier molecular flexibility index (Phi) is 4.99. The van der Waals surface area contributed by atoms with Gasteiger partial charge in [0, 0.05) is 50.0 Å². The van der Waals surface area contributed by atoms with Crippen molar-refractivity contribution in [3.63, 3.8) is 0 Å². The summed E-state index contributed by atoms with van der Waals surface area (Å²) in [5, 5.41) is 3.81. The van der Waals surface area contributed by atoms with Crippen LogP contribution in [-0.4, -0.2) is 41.1 Å². The molecule has 2 aromatic rings. The first-order valence-corrected chi connectivity index (χ1v) is 10.1. The number of nitrogens with one attached hydrogen (secondary N) is 1. The lowest BCUT2D eigenvalue weighted by atomic mass is 9.64. The van der Waals surface area contributed by atoms with E-state index < -0.39 is 0 Å². The van der Waals surface area contributed by atoms with Crippen LogP contribution in [-0.2, 0) is 13.5 Å². The molecule has 2 heterocycles. The van der Waals surface area contributed by atoms with Gasteiger partial charge >= 0.3 is 0 Å². The Hall–Kier alpha value is -1.85. The third-order valence-electron chi connectivity index (χ3n) is 6.41. The summed E-state index contributed by atoms with van der Waals surface area (Å²) < 4.78 is 1.60. The molecule has 5 nitrogen and oxygen atoms in total. The van der Waals surface area contributed by atoms with Crippen LogP contribution in [0.1, 0.15) is 29.2 Å². The predicted octanol–water partition coefficient (Wildman–Crippen LogP) is 3.06. The number of halogens is 1. The molecule has 0 radical (unpaired) electrons. The van der Waals surface area contributed by atoms with E-state index >= 15 is 0 Å². The number of hydrogen-bond acceptors (Lipinski definition) is 4. The molecular formula is C21H27ClN4O. The largest absolute Gasteiger partial charge is 0.359 e. The van der Waals surface area contributed by atoms with Crippen molar-refractivity contribution in [2.75, 3.05) is 32.0 Å². The molecule has 1 aliphatic carbocycles. The minimum atomic E-state index is 0.0609. The van der Waals surface area contributed by atoms with Gasteiger partial charge in [-0.15, -0.1) is 0 Å². The standard InChI is InChI=1S/C21H27ClN4O/c1-13-17(20(27)25(3)21(23-2)24-13)7-8-26-11-15-10-18(19(15)12-26)14-5-4-6-16(22)9-14/h4-6,9,15,18-19H,7-8,10-12H2,1-3H3,(H,23,24). The van der Waals surface area contributed by atoms with Gasteiger partial charge in [0.15, 0.2) is 0 Å². The maximum absolute atomic E-state index is 12.6. The summed E-state index contributed by atoms with van der Waals surface area (Å²) in [5.74, 6) is 2.75. The molecule has 1 aliphatic heterocycles. The molecule has 2 aliphatic rings. The van der Waals surface area contributed by atoms with Crippen LogP contribution < -0.4 is 10.9 Å². The van der Waals surface area contributed by atoms with Crippen LogP contribution in [0.3, 0.4) is 0 Å². The molecule has 4 rings (SSSR count). The highest BCUT2D eigenvalue weighted by molar-refractivity contribution is 6.30. The van der Waals surface area contributed by atoms with Gasteiger partial charge in [0.1, 0.15) is 0 Å². The van der Waals surface area contributed by atoms with Gasteiger partial charge < -0.3 is 10.2 Å². The lowest BCUT2D eigenvalue weighted by molar-refractivity contribution is 0.191. The Labute approximate surface area is 165 Å². The van der Waals surface area contributed by atoms with Crippen molar-refractivity contribution in [3.05, 3.63) is 56.5 Å². The van der Waals surface area contributed by atoms with Crippen molar-refractivity contribution in [2.24, 2.45) is 18.9 Å². The Morgan fingerprint density at radius 1 is 1.33 bits per heavy atom. The van der Waals surface area contributed by atoms with Crippen LogP contribution >= 0.6 is 11.6 Å². The highest BCUT2D eigenvalue weighted by atomic mass is 35.5. The number of nitrogens with zero attached hydrogens (tertiary/aromatic N) is 3. The summed E-state index contributed by atoms with van der Waals surface area (Å²) in [6.45, 7) is 5.11. The van der Waals surface area contributed by atoms with Crippen molar-refractivity contribution in [1.82, 2.24) is 14.5 Å². The van der Waals surface area contributed by atoms with Crippen LogP contribution in [0.4, 0.5) is 5.95 Å². The molecule has 1 saturated heterocycles. The van der Waals surface area contributed by atoms with Gasteiger partial charge in [-0.25, -0.2) is 4.98 Å². The second-order valence-electron chi connectivity index (χ2n) is 7.94. The lowest BCUT2D eigenvalue weighted by Crippen LogP contribution is -2.33. The minimum absolute atomic E-state index is 0.0609. The minimum Gasteiger partial charge on any atom is -0.359 e. The zero-order chi connectivity index (χ0) is 19.1. The Bertz CT molecular complexity index is 910. The predicted molar refractivity (Wildman–Crippen MR) is 110 cm³/mol. The zero-order valence-corrected chi connectivity index (χ0v) is 17.0. The highest BCUT2D eigenvalue weighted by Gasteiger charge is 2.47. The van der Waals surface area contributed by atoms with Crippen molar-refractivity contribution < 1.29 is 0 Å². The fourth-order valence-electron chi connectivity index (χ4n) is 4.84. The molecule has 1 aromatic heterocycles. The molecule has 1 N–H and O–H groups in total. The topological polar surface area (TPSA) is 50.2 Å². The van der Waals surface area contributed by atoms with E-state index in [9.17, 15) is 4.79 Å². The van der Waals surface area contributed by atoms with Gasteiger partial charge in [-0.3, -0.25) is 9.36 Å². The Morgan fingerprint density at radius 2 is 2.15 bits per heavy atom. The summed E-state index contributed by atoms with van der Waals surface area (Å²) in [5.41, 5.74) is 3.11. The van der Waals surface area contributed by atoms with Gasteiger partial charge in [0.2, 0.25) is 5.95 Å². The van der Waals surface area contributed by atoms with E-state index in [0.29, 0.717) is 11.9 Å². The van der Waals surface area contributed by atoms with Gasteiger partial charge in [0.05, 0.1) is 0 Å². The van der Waals surface area contributed by atoms with E-state index in [1.54, 1.807) is 18.7 Å². The van der Waals surface area contributed by atoms with Crippen molar-refractivity contribution in [1.29, 1.82) is 0 Å². The van der Waals surface area contributed by atoms with Crippen LogP contribution in [0.15, 0.2) is 29.1 Å². The number of rotatable bonds is 5. The van der Waals surface area contributed by atoms with Gasteiger partial charge in [-0.1, -0.05) is 23.7 Å². The van der Waals surface area contributed by atoms with E-state index in [2.05, 4.69) is 33.4 Å². The van der Waals surface area contributed by atoms with Crippen LogP contribution in [0.25, 0.3) is 0 Å². The fraction of sp³-hybridized carbons (Fsp3) is 0.524. The second kappa shape index (κ2) is 7.28. The van der Waals surface area contributed by atoms with Gasteiger partial charge in [0.25, 0.3) is 5.56 Å². The molecule has 3 atom stereocenters. The molecule has 0 amide bonds. The summed E-state index contributed by atoms with van der Waals surface area (Å²) in [7, 11) is 3.56. The van der Waals surface area contributed by atoms with E-state index in [1.165, 1.54) is 12.0 Å². The number of hydrogen-bond donors (Lipinski definition) is 1. The number of aryl methyl sites for hydroxylation is 1. The molecule has 144 valence electrons. The Morgan fingerprint density at radius 3 is 2.89 bits per heavy atom. The average molecular weight is 387 g/mol. The molecule has 0 bridgehead atoms. The third-order valence-corrected chi connectivity index (χ3v) is 6.65. The molecule has 1 saturated carbocycles. The lowest BCUT2D eigenvalue weighted by Gasteiger charge is -2.40. The first-order valence-electron chi connectivity index (χ1n) is 9.70. The third kappa shape index (κ3) is 3.39. The first-order chi connectivity index (χ1) is 13.0. The summed E-state index contributed by atoms with van der Waals surface area (Å²) >= 11 is 6.17. The van der Waals surface area contributed by atoms with Crippen LogP contribution in [0.5, 0.6) is 0 Å². The van der Waals surface area contributed by atoms with Crippen molar-refractivity contribution in [2.45, 2.75) is 25.7 Å². The maximum atomic E-state index is 12.6. The smallest absolute Gasteiger partial charge is 0.258 e. The van der Waals surface area contributed by atoms with E-state index in [1.807, 2.05) is 13.0 Å².